The molecule has 1 saturated carbocycles. The minimum absolute atomic E-state index is 0.262. The number of methoxy groups -OCH3 is 1. The molecule has 0 spiro atoms. The van der Waals surface area contributed by atoms with Crippen molar-refractivity contribution >= 4 is 29.3 Å². The molecule has 4 nitrogen and oxygen atoms in total. The predicted molar refractivity (Wildman–Crippen MR) is 122 cm³/mol. The lowest BCUT2D eigenvalue weighted by molar-refractivity contribution is 0.112. The van der Waals surface area contributed by atoms with Gasteiger partial charge in [-0.15, -0.1) is 11.3 Å². The molecule has 158 valence electrons. The van der Waals surface area contributed by atoms with Crippen molar-refractivity contribution in [1.29, 1.82) is 0 Å². The maximum Gasteiger partial charge on any atom is 0.409 e. The zero-order valence-electron chi connectivity index (χ0n) is 17.7. The number of hydrogen-bond donors (Lipinski definition) is 0. The Hall–Kier alpha value is -2.40. The maximum absolute atomic E-state index is 12.2. The van der Waals surface area contributed by atoms with Gasteiger partial charge in [-0.25, -0.2) is 4.79 Å². The third-order valence-corrected chi connectivity index (χ3v) is 7.68. The van der Waals surface area contributed by atoms with Crippen molar-refractivity contribution in [2.24, 2.45) is 11.8 Å². The molecular weight excluding hydrogens is 394 g/mol. The predicted octanol–water partition coefficient (Wildman–Crippen LogP) is 6.28. The highest BCUT2D eigenvalue weighted by Crippen LogP contribution is 2.43. The SMILES string of the molecule is COC(=O)N1CCC(c2cc(-c3ccccc3)sc2C=O)=C(C2CCC(C)CC2)C1. The highest BCUT2D eigenvalue weighted by atomic mass is 32.1. The van der Waals surface area contributed by atoms with Gasteiger partial charge in [0.1, 0.15) is 0 Å². The van der Waals surface area contributed by atoms with Crippen LogP contribution in [0.25, 0.3) is 16.0 Å². The van der Waals surface area contributed by atoms with E-state index in [9.17, 15) is 9.59 Å². The van der Waals surface area contributed by atoms with Crippen LogP contribution in [0.5, 0.6) is 0 Å². The number of carbonyl (C=O) groups excluding carboxylic acids is 2. The number of ether oxygens (including phenoxy) is 1. The first-order valence-electron chi connectivity index (χ1n) is 10.8. The number of hydrogen-bond acceptors (Lipinski definition) is 4. The summed E-state index contributed by atoms with van der Waals surface area (Å²) in [5.74, 6) is 1.24. The molecule has 1 aliphatic carbocycles. The largest absolute Gasteiger partial charge is 0.453 e. The lowest BCUT2D eigenvalue weighted by atomic mass is 9.75. The van der Waals surface area contributed by atoms with Gasteiger partial charge in [-0.3, -0.25) is 4.79 Å². The van der Waals surface area contributed by atoms with E-state index in [1.54, 1.807) is 11.3 Å². The van der Waals surface area contributed by atoms with Gasteiger partial charge >= 0.3 is 6.09 Å². The smallest absolute Gasteiger partial charge is 0.409 e. The zero-order chi connectivity index (χ0) is 21.1. The van der Waals surface area contributed by atoms with Crippen LogP contribution in [0.1, 0.15) is 54.3 Å². The minimum Gasteiger partial charge on any atom is -0.453 e. The number of carbonyl (C=O) groups is 2. The summed E-state index contributed by atoms with van der Waals surface area (Å²) in [5, 5.41) is 0. The van der Waals surface area contributed by atoms with Gasteiger partial charge in [-0.1, -0.05) is 50.1 Å². The minimum atomic E-state index is -0.262. The maximum atomic E-state index is 12.2. The molecule has 5 heteroatoms. The summed E-state index contributed by atoms with van der Waals surface area (Å²) < 4.78 is 5.00. The summed E-state index contributed by atoms with van der Waals surface area (Å²) in [5.41, 5.74) is 4.80. The van der Waals surface area contributed by atoms with Gasteiger partial charge in [-0.2, -0.15) is 0 Å². The number of nitrogens with zero attached hydrogens (tertiary/aromatic N) is 1. The van der Waals surface area contributed by atoms with E-state index in [2.05, 4.69) is 25.1 Å². The standard InChI is InChI=1S/C25H29NO3S/c1-17-8-10-18(11-9-17)22-15-26(25(28)29-2)13-12-20(22)21-14-23(30-24(21)16-27)19-6-4-3-5-7-19/h3-7,14,16-18H,8-13,15H2,1-2H3. The van der Waals surface area contributed by atoms with E-state index in [4.69, 9.17) is 4.74 Å². The second-order valence-corrected chi connectivity index (χ2v) is 9.56. The molecule has 2 aliphatic rings. The monoisotopic (exact) mass is 423 g/mol. The van der Waals surface area contributed by atoms with Crippen LogP contribution in [-0.2, 0) is 4.74 Å². The van der Waals surface area contributed by atoms with Gasteiger partial charge in [0, 0.05) is 18.0 Å². The van der Waals surface area contributed by atoms with Crippen molar-refractivity contribution in [2.45, 2.75) is 39.0 Å². The van der Waals surface area contributed by atoms with Gasteiger partial charge < -0.3 is 9.64 Å². The van der Waals surface area contributed by atoms with Gasteiger partial charge in [-0.05, 0) is 59.4 Å². The fraction of sp³-hybridized carbons (Fsp3) is 0.440. The average molecular weight is 424 g/mol. The summed E-state index contributed by atoms with van der Waals surface area (Å²) in [4.78, 5) is 27.9. The Balaban J connectivity index is 1.75. The summed E-state index contributed by atoms with van der Waals surface area (Å²) in [6, 6.07) is 12.4. The van der Waals surface area contributed by atoms with Crippen molar-refractivity contribution < 1.29 is 14.3 Å². The third kappa shape index (κ3) is 4.22. The molecule has 1 aromatic heterocycles. The Morgan fingerprint density at radius 1 is 1.17 bits per heavy atom. The number of benzene rings is 1. The molecule has 1 amide bonds. The van der Waals surface area contributed by atoms with Crippen molar-refractivity contribution in [3.63, 3.8) is 0 Å². The number of aldehydes is 1. The van der Waals surface area contributed by atoms with E-state index in [1.807, 2.05) is 23.1 Å². The summed E-state index contributed by atoms with van der Waals surface area (Å²) in [7, 11) is 1.44. The molecule has 1 fully saturated rings. The number of amides is 1. The molecule has 0 atom stereocenters. The Bertz CT molecular complexity index is 939. The molecule has 1 aliphatic heterocycles. The van der Waals surface area contributed by atoms with E-state index in [1.165, 1.54) is 31.1 Å². The third-order valence-electron chi connectivity index (χ3n) is 6.57. The molecule has 1 aromatic carbocycles. The number of thiophene rings is 1. The van der Waals surface area contributed by atoms with E-state index >= 15 is 0 Å². The fourth-order valence-corrected chi connectivity index (χ4v) is 5.85. The van der Waals surface area contributed by atoms with Crippen molar-refractivity contribution in [3.8, 4) is 10.4 Å². The van der Waals surface area contributed by atoms with Gasteiger partial charge in [0.05, 0.1) is 12.0 Å². The molecule has 0 N–H and O–H groups in total. The molecule has 30 heavy (non-hydrogen) atoms. The molecule has 2 heterocycles. The Morgan fingerprint density at radius 3 is 2.57 bits per heavy atom. The molecule has 4 rings (SSSR count). The van der Waals surface area contributed by atoms with Gasteiger partial charge in [0.2, 0.25) is 0 Å². The van der Waals surface area contributed by atoms with Crippen molar-refractivity contribution in [2.75, 3.05) is 20.2 Å². The first kappa shape index (κ1) is 20.9. The highest BCUT2D eigenvalue weighted by molar-refractivity contribution is 7.17. The van der Waals surface area contributed by atoms with Crippen LogP contribution < -0.4 is 0 Å². The van der Waals surface area contributed by atoms with Crippen LogP contribution in [0.15, 0.2) is 42.0 Å². The first-order chi connectivity index (χ1) is 14.6. The van der Waals surface area contributed by atoms with Crippen LogP contribution in [0.3, 0.4) is 0 Å². The molecule has 2 aromatic rings. The zero-order valence-corrected chi connectivity index (χ0v) is 18.5. The van der Waals surface area contributed by atoms with Crippen LogP contribution >= 0.6 is 11.3 Å². The van der Waals surface area contributed by atoms with Crippen molar-refractivity contribution in [3.05, 3.63) is 52.4 Å². The molecule has 0 saturated heterocycles. The molecular formula is C25H29NO3S. The number of rotatable bonds is 4. The quantitative estimate of drug-likeness (QED) is 0.544. The second-order valence-electron chi connectivity index (χ2n) is 8.47. The van der Waals surface area contributed by atoms with E-state index in [0.29, 0.717) is 19.0 Å². The lowest BCUT2D eigenvalue weighted by Gasteiger charge is -2.36. The summed E-state index contributed by atoms with van der Waals surface area (Å²) >= 11 is 1.56. The van der Waals surface area contributed by atoms with Gasteiger partial charge in [0.25, 0.3) is 0 Å². The normalized spacial score (nSPS) is 22.1. The molecule has 0 unspecified atom stereocenters. The fourth-order valence-electron chi connectivity index (χ4n) is 4.84. The van der Waals surface area contributed by atoms with Crippen LogP contribution in [-0.4, -0.2) is 37.5 Å². The second kappa shape index (κ2) is 9.17. The molecule has 0 radical (unpaired) electrons. The Labute approximate surface area is 182 Å². The Morgan fingerprint density at radius 2 is 1.90 bits per heavy atom. The van der Waals surface area contributed by atoms with Gasteiger partial charge in [0.15, 0.2) is 6.29 Å². The topological polar surface area (TPSA) is 46.6 Å². The average Bonchev–Trinajstić information content (AvgIpc) is 3.23. The molecule has 0 bridgehead atoms. The lowest BCUT2D eigenvalue weighted by Crippen LogP contribution is -2.38. The van der Waals surface area contributed by atoms with E-state index in [0.717, 1.165) is 52.3 Å². The summed E-state index contributed by atoms with van der Waals surface area (Å²) in [6.07, 6.45) is 6.25. The van der Waals surface area contributed by atoms with Crippen LogP contribution in [0, 0.1) is 11.8 Å². The highest BCUT2D eigenvalue weighted by Gasteiger charge is 2.31. The van der Waals surface area contributed by atoms with E-state index in [-0.39, 0.29) is 6.09 Å². The Kier molecular flexibility index (Phi) is 6.38. The summed E-state index contributed by atoms with van der Waals surface area (Å²) in [6.45, 7) is 3.56. The van der Waals surface area contributed by atoms with Crippen LogP contribution in [0.4, 0.5) is 4.79 Å². The van der Waals surface area contributed by atoms with Crippen LogP contribution in [0.2, 0.25) is 0 Å². The van der Waals surface area contributed by atoms with Crippen molar-refractivity contribution in [1.82, 2.24) is 4.90 Å². The first-order valence-corrected chi connectivity index (χ1v) is 11.6. The van der Waals surface area contributed by atoms with E-state index < -0.39 is 0 Å².